The van der Waals surface area contributed by atoms with Crippen LogP contribution in [0, 0.1) is 11.8 Å². The predicted molar refractivity (Wildman–Crippen MR) is 89.6 cm³/mol. The molecule has 0 heterocycles. The minimum absolute atomic E-state index is 0.0161. The average molecular weight is 352 g/mol. The molecular weight excluding hydrogens is 324 g/mol. The molecule has 4 aliphatic rings. The summed E-state index contributed by atoms with van der Waals surface area (Å²) >= 11 is 0. The van der Waals surface area contributed by atoms with Crippen molar-refractivity contribution >= 4 is 11.9 Å². The summed E-state index contributed by atoms with van der Waals surface area (Å²) in [6.07, 6.45) is 3.38. The van der Waals surface area contributed by atoms with E-state index in [0.717, 1.165) is 19.3 Å². The van der Waals surface area contributed by atoms with Crippen molar-refractivity contribution in [1.82, 2.24) is 0 Å². The molecule has 0 saturated heterocycles. The molecule has 0 aromatic heterocycles. The first-order valence-corrected chi connectivity index (χ1v) is 9.04. The van der Waals surface area contributed by atoms with Gasteiger partial charge in [-0.05, 0) is 39.0 Å². The summed E-state index contributed by atoms with van der Waals surface area (Å²) in [6, 6.07) is 0. The van der Waals surface area contributed by atoms with Crippen LogP contribution in [0.15, 0.2) is 12.2 Å². The van der Waals surface area contributed by atoms with Crippen LogP contribution in [0.2, 0.25) is 0 Å². The molecule has 0 aliphatic heterocycles. The predicted octanol–water partition coefficient (Wildman–Crippen LogP) is 2.14. The van der Waals surface area contributed by atoms with Crippen LogP contribution in [0.5, 0.6) is 0 Å². The van der Waals surface area contributed by atoms with Gasteiger partial charge in [-0.15, -0.1) is 0 Å². The molecule has 4 fully saturated rings. The van der Waals surface area contributed by atoms with Crippen LogP contribution in [0.4, 0.5) is 0 Å². The van der Waals surface area contributed by atoms with Gasteiger partial charge in [-0.3, -0.25) is 0 Å². The second-order valence-electron chi connectivity index (χ2n) is 8.17. The third-order valence-corrected chi connectivity index (χ3v) is 6.19. The van der Waals surface area contributed by atoms with Gasteiger partial charge in [-0.25, -0.2) is 9.59 Å². The number of esters is 2. The topological polar surface area (TPSA) is 82.1 Å². The normalized spacial score (nSPS) is 41.4. The minimum atomic E-state index is -0.850. The molecule has 25 heavy (non-hydrogen) atoms. The largest absolute Gasteiger partial charge is 0.456 e. The Labute approximate surface area is 148 Å². The van der Waals surface area contributed by atoms with Gasteiger partial charge < -0.3 is 19.3 Å². The van der Waals surface area contributed by atoms with E-state index < -0.39 is 35.3 Å². The monoisotopic (exact) mass is 352 g/mol. The van der Waals surface area contributed by atoms with E-state index in [1.54, 1.807) is 0 Å². The molecule has 0 amide bonds. The Morgan fingerprint density at radius 1 is 1.20 bits per heavy atom. The maximum Gasteiger partial charge on any atom is 0.344 e. The lowest BCUT2D eigenvalue weighted by atomic mass is 9.46. The standard InChI is InChI=1S/C19H28O6/c1-5-24-18-7-14-6-17(22,10-18)11-19(8-14,13(18)4)25-15(20)9-23-16(21)12(2)3/h13-14,22H,2,5-11H2,1,3-4H3. The maximum absolute atomic E-state index is 12.3. The molecule has 6 nitrogen and oxygen atoms in total. The summed E-state index contributed by atoms with van der Waals surface area (Å²) < 4.78 is 16.9. The lowest BCUT2D eigenvalue weighted by molar-refractivity contribution is -0.301. The Morgan fingerprint density at radius 3 is 2.44 bits per heavy atom. The smallest absolute Gasteiger partial charge is 0.344 e. The number of aliphatic hydroxyl groups is 1. The van der Waals surface area contributed by atoms with Gasteiger partial charge in [0.25, 0.3) is 0 Å². The van der Waals surface area contributed by atoms with Crippen LogP contribution < -0.4 is 0 Å². The molecule has 5 unspecified atom stereocenters. The van der Waals surface area contributed by atoms with Crippen molar-refractivity contribution < 1.29 is 28.9 Å². The van der Waals surface area contributed by atoms with Gasteiger partial charge in [0.05, 0.1) is 11.2 Å². The van der Waals surface area contributed by atoms with E-state index in [4.69, 9.17) is 14.2 Å². The first-order chi connectivity index (χ1) is 11.6. The molecule has 4 saturated carbocycles. The third-order valence-electron chi connectivity index (χ3n) is 6.19. The van der Waals surface area contributed by atoms with E-state index in [9.17, 15) is 14.7 Å². The molecule has 0 aromatic rings. The number of hydrogen-bond acceptors (Lipinski definition) is 6. The summed E-state index contributed by atoms with van der Waals surface area (Å²) in [6.45, 7) is 9.13. The van der Waals surface area contributed by atoms with Crippen molar-refractivity contribution in [2.24, 2.45) is 11.8 Å². The first-order valence-electron chi connectivity index (χ1n) is 9.04. The number of rotatable bonds is 6. The van der Waals surface area contributed by atoms with Crippen molar-refractivity contribution in [1.29, 1.82) is 0 Å². The van der Waals surface area contributed by atoms with Crippen LogP contribution in [-0.2, 0) is 23.8 Å². The Morgan fingerprint density at radius 2 is 1.84 bits per heavy atom. The van der Waals surface area contributed by atoms with Gasteiger partial charge in [0.1, 0.15) is 5.60 Å². The molecule has 5 atom stereocenters. The van der Waals surface area contributed by atoms with E-state index in [1.165, 1.54) is 6.92 Å². The van der Waals surface area contributed by atoms with Gasteiger partial charge in [0.2, 0.25) is 0 Å². The highest BCUT2D eigenvalue weighted by atomic mass is 16.6. The molecule has 1 N–H and O–H groups in total. The second kappa shape index (κ2) is 6.09. The molecule has 6 heteroatoms. The van der Waals surface area contributed by atoms with Gasteiger partial charge in [0.15, 0.2) is 6.61 Å². The molecular formula is C19H28O6. The second-order valence-corrected chi connectivity index (χ2v) is 8.17. The van der Waals surface area contributed by atoms with Gasteiger partial charge in [-0.1, -0.05) is 13.5 Å². The molecule has 0 radical (unpaired) electrons. The maximum atomic E-state index is 12.3. The Kier molecular flexibility index (Phi) is 4.48. The molecule has 0 spiro atoms. The lowest BCUT2D eigenvalue weighted by Crippen LogP contribution is -2.72. The fraction of sp³-hybridized carbons (Fsp3) is 0.789. The van der Waals surface area contributed by atoms with Crippen LogP contribution in [-0.4, -0.2) is 47.1 Å². The van der Waals surface area contributed by atoms with Crippen molar-refractivity contribution in [3.8, 4) is 0 Å². The summed E-state index contributed by atoms with van der Waals surface area (Å²) in [5, 5.41) is 11.0. The van der Waals surface area contributed by atoms with Crippen molar-refractivity contribution in [3.63, 3.8) is 0 Å². The minimum Gasteiger partial charge on any atom is -0.456 e. The van der Waals surface area contributed by atoms with Gasteiger partial charge >= 0.3 is 11.9 Å². The quantitative estimate of drug-likeness (QED) is 0.583. The summed E-state index contributed by atoms with van der Waals surface area (Å²) in [4.78, 5) is 23.8. The van der Waals surface area contributed by atoms with Crippen molar-refractivity contribution in [2.45, 2.75) is 69.7 Å². The fourth-order valence-corrected chi connectivity index (χ4v) is 5.53. The Bertz CT molecular complexity index is 601. The zero-order valence-corrected chi connectivity index (χ0v) is 15.3. The third kappa shape index (κ3) is 3.10. The molecule has 140 valence electrons. The van der Waals surface area contributed by atoms with E-state index in [-0.39, 0.29) is 17.4 Å². The van der Waals surface area contributed by atoms with E-state index >= 15 is 0 Å². The van der Waals surface area contributed by atoms with Crippen LogP contribution in [0.1, 0.15) is 52.9 Å². The zero-order valence-electron chi connectivity index (χ0n) is 15.3. The van der Waals surface area contributed by atoms with E-state index in [1.807, 2.05) is 13.8 Å². The first kappa shape index (κ1) is 18.4. The van der Waals surface area contributed by atoms with E-state index in [0.29, 0.717) is 19.4 Å². The molecule has 4 aliphatic carbocycles. The van der Waals surface area contributed by atoms with Crippen LogP contribution in [0.25, 0.3) is 0 Å². The average Bonchev–Trinajstić information content (AvgIpc) is 2.48. The number of carbonyl (C=O) groups is 2. The Balaban J connectivity index is 1.76. The lowest BCUT2D eigenvalue weighted by Gasteiger charge is -2.66. The summed E-state index contributed by atoms with van der Waals surface area (Å²) in [7, 11) is 0. The van der Waals surface area contributed by atoms with Crippen LogP contribution in [0.3, 0.4) is 0 Å². The SMILES string of the molecule is C=C(C)C(=O)OCC(=O)OC12CC3CC(O)(CC(OCC)(C3)C1C)C2. The zero-order chi connectivity index (χ0) is 18.5. The highest BCUT2D eigenvalue weighted by molar-refractivity contribution is 5.88. The number of ether oxygens (including phenoxy) is 3. The number of carbonyl (C=O) groups excluding carboxylic acids is 2. The highest BCUT2D eigenvalue weighted by Gasteiger charge is 2.69. The summed E-state index contributed by atoms with van der Waals surface area (Å²) in [5.74, 6) is -0.933. The Hall–Kier alpha value is -1.40. The van der Waals surface area contributed by atoms with Crippen molar-refractivity contribution in [3.05, 3.63) is 12.2 Å². The highest BCUT2D eigenvalue weighted by Crippen LogP contribution is 2.64. The fourth-order valence-electron chi connectivity index (χ4n) is 5.53. The van der Waals surface area contributed by atoms with Crippen molar-refractivity contribution in [2.75, 3.05) is 13.2 Å². The molecule has 0 aromatic carbocycles. The molecule has 4 rings (SSSR count). The number of hydrogen-bond donors (Lipinski definition) is 1. The van der Waals surface area contributed by atoms with Gasteiger partial charge in [0, 0.05) is 30.9 Å². The van der Waals surface area contributed by atoms with Crippen LogP contribution >= 0.6 is 0 Å². The van der Waals surface area contributed by atoms with Gasteiger partial charge in [-0.2, -0.15) is 0 Å². The van der Waals surface area contributed by atoms with E-state index in [2.05, 4.69) is 6.58 Å². The molecule has 4 bridgehead atoms. The summed E-state index contributed by atoms with van der Waals surface area (Å²) in [5.41, 5.74) is -1.81.